The van der Waals surface area contributed by atoms with Gasteiger partial charge in [0.25, 0.3) is 5.91 Å². The number of nitrogens with zero attached hydrogens (tertiary/aromatic N) is 11. The largest absolute Gasteiger partial charge is 0.367 e. The van der Waals surface area contributed by atoms with E-state index in [0.717, 1.165) is 18.4 Å². The molecular formula is C37H41FN14O4. The maximum Gasteiger partial charge on any atom is 0.329 e. The van der Waals surface area contributed by atoms with Gasteiger partial charge in [-0.15, -0.1) is 10.2 Å². The average molecular weight is 765 g/mol. The van der Waals surface area contributed by atoms with Crippen LogP contribution in [-0.2, 0) is 4.79 Å². The minimum absolute atomic E-state index is 0.00112. The molecule has 3 aromatic heterocycles. The van der Waals surface area contributed by atoms with E-state index in [4.69, 9.17) is 5.73 Å². The summed E-state index contributed by atoms with van der Waals surface area (Å²) in [5, 5.41) is 13.6. The van der Waals surface area contributed by atoms with Crippen LogP contribution in [0.25, 0.3) is 5.65 Å². The number of halogens is 1. The Kier molecular flexibility index (Phi) is 9.95. The van der Waals surface area contributed by atoms with Crippen molar-refractivity contribution in [1.82, 2.24) is 44.6 Å². The van der Waals surface area contributed by atoms with E-state index in [1.54, 1.807) is 34.7 Å². The van der Waals surface area contributed by atoms with Crippen molar-refractivity contribution in [2.45, 2.75) is 25.3 Å². The summed E-state index contributed by atoms with van der Waals surface area (Å²) in [6.45, 7) is 5.93. The number of piperidine rings is 1. The fraction of sp³-hybridized carbons (Fsp3) is 0.405. The molecule has 4 fully saturated rings. The normalized spacial score (nSPS) is 19.4. The molecule has 4 aliphatic heterocycles. The van der Waals surface area contributed by atoms with Gasteiger partial charge in [0, 0.05) is 89.8 Å². The molecule has 6 amide bonds. The maximum atomic E-state index is 15.6. The van der Waals surface area contributed by atoms with Gasteiger partial charge in [0.2, 0.25) is 11.9 Å². The van der Waals surface area contributed by atoms with Gasteiger partial charge in [-0.05, 0) is 43.2 Å². The number of imide groups is 1. The third kappa shape index (κ3) is 7.42. The van der Waals surface area contributed by atoms with Crippen LogP contribution >= 0.6 is 0 Å². The molecular weight excluding hydrogens is 723 g/mol. The number of carbonyl (C=O) groups is 4. The van der Waals surface area contributed by atoms with E-state index in [9.17, 15) is 19.2 Å². The highest BCUT2D eigenvalue weighted by molar-refractivity contribution is 6.05. The van der Waals surface area contributed by atoms with Crippen LogP contribution in [0.3, 0.4) is 0 Å². The van der Waals surface area contributed by atoms with Gasteiger partial charge in [-0.25, -0.2) is 19.0 Å². The lowest BCUT2D eigenvalue weighted by molar-refractivity contribution is -0.120. The highest BCUT2D eigenvalue weighted by Crippen LogP contribution is 2.28. The lowest BCUT2D eigenvalue weighted by atomic mass is 10.0. The Balaban J connectivity index is 0.870. The summed E-state index contributed by atoms with van der Waals surface area (Å²) < 4.78 is 17.4. The Hall–Kier alpha value is -6.55. The van der Waals surface area contributed by atoms with Gasteiger partial charge in [0.1, 0.15) is 17.3 Å². The minimum atomic E-state index is -0.820. The van der Waals surface area contributed by atoms with Crippen molar-refractivity contribution in [2.75, 3.05) is 92.5 Å². The summed E-state index contributed by atoms with van der Waals surface area (Å²) in [7, 11) is 1.79. The van der Waals surface area contributed by atoms with Crippen LogP contribution < -0.4 is 31.1 Å². The van der Waals surface area contributed by atoms with Crippen molar-refractivity contribution in [3.05, 3.63) is 59.8 Å². The topological polar surface area (TPSA) is 194 Å². The Bertz CT molecular complexity index is 2260. The molecule has 4 N–H and O–H groups in total. The molecule has 18 nitrogen and oxygen atoms in total. The van der Waals surface area contributed by atoms with Gasteiger partial charge < -0.3 is 30.7 Å². The molecule has 56 heavy (non-hydrogen) atoms. The summed E-state index contributed by atoms with van der Waals surface area (Å²) in [4.78, 5) is 68.9. The summed E-state index contributed by atoms with van der Waals surface area (Å²) in [5.41, 5.74) is 7.68. The van der Waals surface area contributed by atoms with Crippen molar-refractivity contribution in [2.24, 2.45) is 5.73 Å². The van der Waals surface area contributed by atoms with Gasteiger partial charge >= 0.3 is 12.1 Å². The second kappa shape index (κ2) is 15.3. The predicted molar refractivity (Wildman–Crippen MR) is 204 cm³/mol. The first-order chi connectivity index (χ1) is 27.1. The van der Waals surface area contributed by atoms with Crippen LogP contribution in [0.2, 0.25) is 0 Å². The molecule has 7 heterocycles. The first kappa shape index (κ1) is 36.4. The molecule has 0 saturated carbocycles. The number of amides is 6. The van der Waals surface area contributed by atoms with Gasteiger partial charge in [-0.3, -0.25) is 29.1 Å². The highest BCUT2D eigenvalue weighted by Gasteiger charge is 2.35. The van der Waals surface area contributed by atoms with E-state index in [1.165, 1.54) is 11.0 Å². The second-order valence-electron chi connectivity index (χ2n) is 14.2. The molecule has 1 aromatic carbocycles. The zero-order valence-electron chi connectivity index (χ0n) is 30.8. The van der Waals surface area contributed by atoms with Crippen LogP contribution in [0.5, 0.6) is 0 Å². The number of hydrogen-bond acceptors (Lipinski definition) is 12. The summed E-state index contributed by atoms with van der Waals surface area (Å²) in [6.07, 6.45) is 5.33. The summed E-state index contributed by atoms with van der Waals surface area (Å²) in [5.74, 6) is 5.81. The number of piperazine rings is 1. The van der Waals surface area contributed by atoms with E-state index in [0.29, 0.717) is 87.7 Å². The molecule has 8 rings (SSSR count). The van der Waals surface area contributed by atoms with Crippen molar-refractivity contribution >= 4 is 58.5 Å². The predicted octanol–water partition coefficient (Wildman–Crippen LogP) is 1.46. The van der Waals surface area contributed by atoms with Crippen molar-refractivity contribution in [1.29, 1.82) is 0 Å². The molecule has 0 radical (unpaired) electrons. The molecule has 0 spiro atoms. The molecule has 4 aromatic rings. The first-order valence-corrected chi connectivity index (χ1v) is 18.5. The number of likely N-dealkylation sites (N-methyl/N-ethyl adjacent to an activating group) is 1. The van der Waals surface area contributed by atoms with E-state index in [-0.39, 0.29) is 42.5 Å². The number of hydrogen-bond donors (Lipinski definition) is 3. The van der Waals surface area contributed by atoms with Crippen LogP contribution in [-0.4, -0.2) is 142 Å². The molecule has 0 aliphatic carbocycles. The number of primary amides is 1. The number of pyridine rings is 1. The van der Waals surface area contributed by atoms with Crippen LogP contribution in [0.4, 0.5) is 42.9 Å². The van der Waals surface area contributed by atoms with Crippen LogP contribution in [0, 0.1) is 17.7 Å². The third-order valence-electron chi connectivity index (χ3n) is 10.6. The van der Waals surface area contributed by atoms with Crippen LogP contribution in [0.15, 0.2) is 42.7 Å². The Morgan fingerprint density at radius 1 is 1.02 bits per heavy atom. The standard InChI is InChI=1S/C37H41FN14O4/c1-46-14-19-50(37(46)56)26-5-3-11-49(23-26)35-43-34(32(33(39)54)44-45-35)41-25-6-7-28(27(38)21-25)48-17-15-47(16-18-48)10-2-4-24-8-12-51-29(20-24)40-22-31(51)52-13-9-30(53)42-36(52)55/h6-8,12,20-22,26H,3,5,9-11,13-19,23H2,1H3,(H2,39,54)(H,41,43,45)(H,42,53,55)/t26-/m1/s1. The number of nitrogens with one attached hydrogen (secondary N) is 2. The van der Waals surface area contributed by atoms with Gasteiger partial charge in [-0.2, -0.15) is 4.98 Å². The Labute approximate surface area is 321 Å². The van der Waals surface area contributed by atoms with Crippen molar-refractivity contribution in [3.8, 4) is 11.8 Å². The fourth-order valence-corrected chi connectivity index (χ4v) is 7.51. The number of anilines is 5. The highest BCUT2D eigenvalue weighted by atomic mass is 19.1. The lowest BCUT2D eigenvalue weighted by Gasteiger charge is -2.37. The number of nitrogens with two attached hydrogens (primary N) is 1. The molecule has 290 valence electrons. The lowest BCUT2D eigenvalue weighted by Crippen LogP contribution is -2.50. The minimum Gasteiger partial charge on any atom is -0.367 e. The Morgan fingerprint density at radius 3 is 2.61 bits per heavy atom. The van der Waals surface area contributed by atoms with Gasteiger partial charge in [0.05, 0.1) is 24.5 Å². The van der Waals surface area contributed by atoms with Gasteiger partial charge in [0.15, 0.2) is 11.5 Å². The number of rotatable bonds is 8. The van der Waals surface area contributed by atoms with Crippen molar-refractivity contribution in [3.63, 3.8) is 0 Å². The zero-order chi connectivity index (χ0) is 38.9. The smallest absolute Gasteiger partial charge is 0.329 e. The van der Waals surface area contributed by atoms with E-state index < -0.39 is 17.8 Å². The number of aromatic nitrogens is 5. The van der Waals surface area contributed by atoms with E-state index in [1.807, 2.05) is 33.0 Å². The number of carbonyl (C=O) groups excluding carboxylic acids is 4. The fourth-order valence-electron chi connectivity index (χ4n) is 7.51. The Morgan fingerprint density at radius 2 is 1.86 bits per heavy atom. The van der Waals surface area contributed by atoms with Crippen LogP contribution in [0.1, 0.15) is 35.3 Å². The second-order valence-corrected chi connectivity index (χ2v) is 14.2. The third-order valence-corrected chi connectivity index (χ3v) is 10.6. The molecule has 4 saturated heterocycles. The molecule has 0 unspecified atom stereocenters. The number of imidazole rings is 1. The quantitative estimate of drug-likeness (QED) is 0.219. The number of fused-ring (bicyclic) bond motifs is 1. The van der Waals surface area contributed by atoms with E-state index >= 15 is 4.39 Å². The van der Waals surface area contributed by atoms with E-state index in [2.05, 4.69) is 47.5 Å². The SMILES string of the molecule is CN1CCN([C@@H]2CCCN(c3nnc(C(N)=O)c(Nc4ccc(N5CCN(CC#Cc6ccn7c(N8CCC(=O)NC8=O)cnc7c6)CC5)c(F)c4)n3)C2)C1=O. The molecule has 0 bridgehead atoms. The number of benzene rings is 1. The van der Waals surface area contributed by atoms with Gasteiger partial charge in [-0.1, -0.05) is 11.8 Å². The number of urea groups is 2. The monoisotopic (exact) mass is 764 g/mol. The molecule has 1 atom stereocenters. The molecule has 19 heteroatoms. The first-order valence-electron chi connectivity index (χ1n) is 18.5. The molecule has 4 aliphatic rings. The summed E-state index contributed by atoms with van der Waals surface area (Å²) >= 11 is 0. The summed E-state index contributed by atoms with van der Waals surface area (Å²) in [6, 6.07) is 8.01. The zero-order valence-corrected chi connectivity index (χ0v) is 30.8. The van der Waals surface area contributed by atoms with Crippen molar-refractivity contribution < 1.29 is 23.6 Å². The average Bonchev–Trinajstić information content (AvgIpc) is 3.76. The maximum absolute atomic E-state index is 15.6.